The molecule has 6 heteroatoms. The van der Waals surface area contributed by atoms with Crippen LogP contribution in [0.15, 0.2) is 36.4 Å². The van der Waals surface area contributed by atoms with E-state index in [1.54, 1.807) is 24.3 Å². The standard InChI is InChI=1S/C22H21Cl2FN2O/c1-12-10-27(11-13-5-6-13)22(19(12)15-3-2-4-17(24)20(15)25)16-8-7-14(23)9-18(16)26-21(22)28/h2-4,7-9,12-13,19H,5-6,10-11H2,1H3,(H,26,28)/t12?,19-,22-/m1/s1. The average molecular weight is 419 g/mol. The fourth-order valence-electron chi connectivity index (χ4n) is 5.24. The van der Waals surface area contributed by atoms with Crippen LogP contribution in [0.25, 0.3) is 0 Å². The first-order valence-corrected chi connectivity index (χ1v) is 10.5. The predicted molar refractivity (Wildman–Crippen MR) is 109 cm³/mol. The van der Waals surface area contributed by atoms with Gasteiger partial charge in [-0.2, -0.15) is 0 Å². The van der Waals surface area contributed by atoms with Gasteiger partial charge < -0.3 is 5.32 Å². The van der Waals surface area contributed by atoms with Gasteiger partial charge in [0.25, 0.3) is 0 Å². The molecule has 2 aromatic rings. The molecular weight excluding hydrogens is 398 g/mol. The predicted octanol–water partition coefficient (Wildman–Crippen LogP) is 5.43. The van der Waals surface area contributed by atoms with Crippen LogP contribution >= 0.6 is 23.2 Å². The Labute approximate surface area is 173 Å². The Bertz CT molecular complexity index is 977. The summed E-state index contributed by atoms with van der Waals surface area (Å²) in [7, 11) is 0. The Morgan fingerprint density at radius 2 is 2.04 bits per heavy atom. The maximum Gasteiger partial charge on any atom is 0.250 e. The number of hydrogen-bond acceptors (Lipinski definition) is 2. The van der Waals surface area contributed by atoms with E-state index in [4.69, 9.17) is 23.2 Å². The number of carbonyl (C=O) groups excluding carboxylic acids is 1. The number of benzene rings is 2. The van der Waals surface area contributed by atoms with Gasteiger partial charge in [-0.15, -0.1) is 0 Å². The van der Waals surface area contributed by atoms with Crippen molar-refractivity contribution in [1.29, 1.82) is 0 Å². The summed E-state index contributed by atoms with van der Waals surface area (Å²) in [5, 5.41) is 3.69. The Morgan fingerprint density at radius 1 is 1.25 bits per heavy atom. The van der Waals surface area contributed by atoms with Crippen LogP contribution in [-0.2, 0) is 10.3 Å². The quantitative estimate of drug-likeness (QED) is 0.720. The molecule has 2 aliphatic heterocycles. The minimum Gasteiger partial charge on any atom is -0.324 e. The third-order valence-electron chi connectivity index (χ3n) is 6.50. The first-order chi connectivity index (χ1) is 13.4. The Hall–Kier alpha value is -1.62. The molecule has 3 nitrogen and oxygen atoms in total. The monoisotopic (exact) mass is 418 g/mol. The maximum atomic E-state index is 15.1. The number of anilines is 1. The van der Waals surface area contributed by atoms with Crippen LogP contribution in [0, 0.1) is 17.7 Å². The number of nitrogens with zero attached hydrogens (tertiary/aromatic N) is 1. The van der Waals surface area contributed by atoms with Gasteiger partial charge in [-0.1, -0.05) is 48.3 Å². The van der Waals surface area contributed by atoms with Gasteiger partial charge in [0, 0.05) is 35.3 Å². The van der Waals surface area contributed by atoms with Crippen molar-refractivity contribution in [2.45, 2.75) is 31.2 Å². The Morgan fingerprint density at radius 3 is 2.79 bits per heavy atom. The minimum atomic E-state index is -0.937. The highest BCUT2D eigenvalue weighted by Crippen LogP contribution is 2.58. The van der Waals surface area contributed by atoms with Crippen molar-refractivity contribution in [3.63, 3.8) is 0 Å². The molecule has 0 radical (unpaired) electrons. The van der Waals surface area contributed by atoms with Crippen molar-refractivity contribution in [1.82, 2.24) is 4.90 Å². The van der Waals surface area contributed by atoms with E-state index < -0.39 is 11.4 Å². The van der Waals surface area contributed by atoms with E-state index in [0.29, 0.717) is 16.5 Å². The lowest BCUT2D eigenvalue weighted by Gasteiger charge is -2.38. The van der Waals surface area contributed by atoms with E-state index in [-0.39, 0.29) is 22.8 Å². The van der Waals surface area contributed by atoms with E-state index in [1.165, 1.54) is 12.8 Å². The lowest BCUT2D eigenvalue weighted by molar-refractivity contribution is -0.127. The molecule has 146 valence electrons. The number of halogens is 3. The molecule has 0 bridgehead atoms. The SMILES string of the molecule is CC1CN(CC2CC2)[C@@]2(C(=O)Nc3cc(Cl)ccc32)[C@H]1c1cccc(Cl)c1F. The van der Waals surface area contributed by atoms with Crippen LogP contribution in [0.3, 0.4) is 0 Å². The molecular formula is C22H21Cl2FN2O. The molecule has 1 N–H and O–H groups in total. The molecule has 1 unspecified atom stereocenters. The highest BCUT2D eigenvalue weighted by atomic mass is 35.5. The first kappa shape index (κ1) is 18.4. The summed E-state index contributed by atoms with van der Waals surface area (Å²) in [6.45, 7) is 3.68. The zero-order chi connectivity index (χ0) is 19.6. The molecule has 2 fully saturated rings. The van der Waals surface area contributed by atoms with E-state index in [9.17, 15) is 4.79 Å². The fraction of sp³-hybridized carbons (Fsp3) is 0.409. The van der Waals surface area contributed by atoms with Crippen molar-refractivity contribution in [2.75, 3.05) is 18.4 Å². The van der Waals surface area contributed by atoms with Gasteiger partial charge in [0.1, 0.15) is 11.4 Å². The number of likely N-dealkylation sites (tertiary alicyclic amines) is 1. The summed E-state index contributed by atoms with van der Waals surface area (Å²) in [6.07, 6.45) is 2.37. The van der Waals surface area contributed by atoms with Crippen LogP contribution in [-0.4, -0.2) is 23.9 Å². The summed E-state index contributed by atoms with van der Waals surface area (Å²) in [5.74, 6) is -0.148. The number of fused-ring (bicyclic) bond motifs is 2. The number of hydrogen-bond donors (Lipinski definition) is 1. The number of amides is 1. The lowest BCUT2D eigenvalue weighted by atomic mass is 9.72. The lowest BCUT2D eigenvalue weighted by Crippen LogP contribution is -2.50. The minimum absolute atomic E-state index is 0.0928. The number of rotatable bonds is 3. The molecule has 0 aromatic heterocycles. The second-order valence-corrected chi connectivity index (χ2v) is 9.20. The van der Waals surface area contributed by atoms with Crippen molar-refractivity contribution < 1.29 is 9.18 Å². The summed E-state index contributed by atoms with van der Waals surface area (Å²) >= 11 is 12.3. The van der Waals surface area contributed by atoms with E-state index >= 15 is 4.39 Å². The van der Waals surface area contributed by atoms with Crippen molar-refractivity contribution >= 4 is 34.8 Å². The van der Waals surface area contributed by atoms with Crippen molar-refractivity contribution in [3.05, 3.63) is 63.4 Å². The average Bonchev–Trinajstić information content (AvgIpc) is 3.35. The Balaban J connectivity index is 1.74. The first-order valence-electron chi connectivity index (χ1n) is 9.73. The number of carbonyl (C=O) groups is 1. The molecule has 2 aromatic carbocycles. The van der Waals surface area contributed by atoms with Crippen LogP contribution in [0.5, 0.6) is 0 Å². The summed E-state index contributed by atoms with van der Waals surface area (Å²) in [4.78, 5) is 15.8. The van der Waals surface area contributed by atoms with Crippen LogP contribution in [0.1, 0.15) is 36.8 Å². The van der Waals surface area contributed by atoms with Crippen LogP contribution in [0.2, 0.25) is 10.0 Å². The third-order valence-corrected chi connectivity index (χ3v) is 7.03. The van der Waals surface area contributed by atoms with Crippen LogP contribution < -0.4 is 5.32 Å². The van der Waals surface area contributed by atoms with Gasteiger partial charge >= 0.3 is 0 Å². The fourth-order valence-corrected chi connectivity index (χ4v) is 5.60. The molecule has 28 heavy (non-hydrogen) atoms. The van der Waals surface area contributed by atoms with E-state index in [1.807, 2.05) is 12.1 Å². The second kappa shape index (κ2) is 6.45. The Kier molecular flexibility index (Phi) is 4.24. The number of nitrogens with one attached hydrogen (secondary N) is 1. The molecule has 5 rings (SSSR count). The van der Waals surface area contributed by atoms with Gasteiger partial charge in [0.2, 0.25) is 5.91 Å². The van der Waals surface area contributed by atoms with Gasteiger partial charge in [-0.3, -0.25) is 9.69 Å². The molecule has 1 amide bonds. The van der Waals surface area contributed by atoms with Gasteiger partial charge in [0.05, 0.1) is 5.02 Å². The highest BCUT2D eigenvalue weighted by Gasteiger charge is 2.63. The van der Waals surface area contributed by atoms with E-state index in [0.717, 1.165) is 24.3 Å². The van der Waals surface area contributed by atoms with Gasteiger partial charge in [-0.05, 0) is 48.4 Å². The van der Waals surface area contributed by atoms with Gasteiger partial charge in [-0.25, -0.2) is 4.39 Å². The second-order valence-electron chi connectivity index (χ2n) is 8.36. The van der Waals surface area contributed by atoms with E-state index in [2.05, 4.69) is 17.1 Å². The van der Waals surface area contributed by atoms with Crippen molar-refractivity contribution in [2.24, 2.45) is 11.8 Å². The molecule has 1 saturated heterocycles. The smallest absolute Gasteiger partial charge is 0.250 e. The zero-order valence-corrected chi connectivity index (χ0v) is 17.0. The maximum absolute atomic E-state index is 15.1. The van der Waals surface area contributed by atoms with Gasteiger partial charge in [0.15, 0.2) is 0 Å². The largest absolute Gasteiger partial charge is 0.324 e. The summed E-state index contributed by atoms with van der Waals surface area (Å²) in [5.41, 5.74) is 1.18. The molecule has 3 aliphatic rings. The third kappa shape index (κ3) is 2.54. The van der Waals surface area contributed by atoms with Crippen LogP contribution in [0.4, 0.5) is 10.1 Å². The molecule has 1 spiro atoms. The highest BCUT2D eigenvalue weighted by molar-refractivity contribution is 6.31. The summed E-state index contributed by atoms with van der Waals surface area (Å²) in [6, 6.07) is 10.6. The van der Waals surface area contributed by atoms with Crippen molar-refractivity contribution in [3.8, 4) is 0 Å². The molecule has 3 atom stereocenters. The normalized spacial score (nSPS) is 29.4. The zero-order valence-electron chi connectivity index (χ0n) is 15.5. The molecule has 1 aliphatic carbocycles. The summed E-state index contributed by atoms with van der Waals surface area (Å²) < 4.78 is 15.1. The molecule has 1 saturated carbocycles. The topological polar surface area (TPSA) is 32.3 Å². The molecule has 2 heterocycles.